The highest BCUT2D eigenvalue weighted by atomic mass is 35.5. The lowest BCUT2D eigenvalue weighted by molar-refractivity contribution is 0.192. The molecule has 2 rings (SSSR count). The Hall–Kier alpha value is -0.660. The largest absolute Gasteiger partial charge is 0.269 e. The number of piperazine rings is 1. The number of benzene rings is 1. The van der Waals surface area contributed by atoms with Gasteiger partial charge in [-0.15, -0.1) is 0 Å². The highest BCUT2D eigenvalue weighted by Crippen LogP contribution is 2.20. The number of hydrazine groups is 1. The first-order valence-corrected chi connectivity index (χ1v) is 7.07. The zero-order valence-corrected chi connectivity index (χ0v) is 10.8. The van der Waals surface area contributed by atoms with E-state index in [9.17, 15) is 8.42 Å². The number of nitrogens with two attached hydrogens (primary N) is 1. The van der Waals surface area contributed by atoms with Crippen molar-refractivity contribution >= 4 is 21.6 Å². The molecule has 0 aromatic heterocycles. The smallest absolute Gasteiger partial charge is 0.243 e. The van der Waals surface area contributed by atoms with Crippen LogP contribution in [0.2, 0.25) is 5.02 Å². The number of nitrogens with zero attached hydrogens (tertiary/aromatic N) is 2. The maximum atomic E-state index is 12.3. The van der Waals surface area contributed by atoms with Crippen molar-refractivity contribution in [2.75, 3.05) is 26.2 Å². The molecule has 0 amide bonds. The number of halogens is 1. The zero-order chi connectivity index (χ0) is 12.5. The molecule has 2 N–H and O–H groups in total. The Kier molecular flexibility index (Phi) is 3.70. The number of rotatable bonds is 2. The average molecular weight is 276 g/mol. The van der Waals surface area contributed by atoms with Crippen molar-refractivity contribution in [3.63, 3.8) is 0 Å². The predicted molar refractivity (Wildman–Crippen MR) is 66.0 cm³/mol. The van der Waals surface area contributed by atoms with Crippen molar-refractivity contribution in [2.24, 2.45) is 5.84 Å². The molecule has 0 atom stereocenters. The highest BCUT2D eigenvalue weighted by molar-refractivity contribution is 7.89. The first kappa shape index (κ1) is 12.8. The van der Waals surface area contributed by atoms with Crippen molar-refractivity contribution < 1.29 is 8.42 Å². The summed E-state index contributed by atoms with van der Waals surface area (Å²) in [5.41, 5.74) is 0. The van der Waals surface area contributed by atoms with Crippen molar-refractivity contribution in [3.05, 3.63) is 29.3 Å². The van der Waals surface area contributed by atoms with Crippen LogP contribution in [0.4, 0.5) is 0 Å². The van der Waals surface area contributed by atoms with E-state index < -0.39 is 10.0 Å². The van der Waals surface area contributed by atoms with Gasteiger partial charge in [-0.05, 0) is 18.2 Å². The summed E-state index contributed by atoms with van der Waals surface area (Å²) in [5, 5.41) is 2.04. The van der Waals surface area contributed by atoms with E-state index in [2.05, 4.69) is 0 Å². The van der Waals surface area contributed by atoms with E-state index >= 15 is 0 Å². The molecule has 1 aliphatic rings. The summed E-state index contributed by atoms with van der Waals surface area (Å²) in [5.74, 6) is 5.59. The molecule has 17 heavy (non-hydrogen) atoms. The van der Waals surface area contributed by atoms with Crippen molar-refractivity contribution in [2.45, 2.75) is 4.90 Å². The number of sulfonamides is 1. The van der Waals surface area contributed by atoms with Crippen molar-refractivity contribution in [1.29, 1.82) is 0 Å². The topological polar surface area (TPSA) is 66.6 Å². The first-order chi connectivity index (χ1) is 8.00. The molecule has 0 unspecified atom stereocenters. The Morgan fingerprint density at radius 3 is 2.41 bits per heavy atom. The Morgan fingerprint density at radius 2 is 1.82 bits per heavy atom. The van der Waals surface area contributed by atoms with Crippen LogP contribution in [0.3, 0.4) is 0 Å². The lowest BCUT2D eigenvalue weighted by atomic mass is 10.4. The van der Waals surface area contributed by atoms with Crippen molar-refractivity contribution in [3.8, 4) is 0 Å². The van der Waals surface area contributed by atoms with Gasteiger partial charge in [-0.1, -0.05) is 17.7 Å². The number of hydrogen-bond donors (Lipinski definition) is 1. The minimum Gasteiger partial charge on any atom is -0.269 e. The van der Waals surface area contributed by atoms with Gasteiger partial charge in [0.05, 0.1) is 4.90 Å². The molecule has 0 radical (unpaired) electrons. The summed E-state index contributed by atoms with van der Waals surface area (Å²) >= 11 is 5.80. The van der Waals surface area contributed by atoms with Crippen LogP contribution in [0.15, 0.2) is 29.2 Å². The minimum atomic E-state index is -3.44. The van der Waals surface area contributed by atoms with E-state index in [1.165, 1.54) is 10.4 Å². The van der Waals surface area contributed by atoms with Gasteiger partial charge in [0.2, 0.25) is 10.0 Å². The summed E-state index contributed by atoms with van der Waals surface area (Å²) in [7, 11) is -3.44. The fraction of sp³-hybridized carbons (Fsp3) is 0.400. The quantitative estimate of drug-likeness (QED) is 0.799. The van der Waals surface area contributed by atoms with Crippen LogP contribution in [0.1, 0.15) is 0 Å². The Balaban J connectivity index is 2.25. The third kappa shape index (κ3) is 2.78. The molecule has 1 fully saturated rings. The maximum Gasteiger partial charge on any atom is 0.243 e. The van der Waals surface area contributed by atoms with Crippen LogP contribution in [-0.2, 0) is 10.0 Å². The SMILES string of the molecule is NN1CCN(S(=O)(=O)c2cccc(Cl)c2)CC1. The van der Waals surface area contributed by atoms with Crippen LogP contribution >= 0.6 is 11.6 Å². The van der Waals surface area contributed by atoms with Gasteiger partial charge < -0.3 is 0 Å². The third-order valence-corrected chi connectivity index (χ3v) is 4.84. The summed E-state index contributed by atoms with van der Waals surface area (Å²) in [6.07, 6.45) is 0. The molecule has 1 aliphatic heterocycles. The molecule has 0 saturated carbocycles. The first-order valence-electron chi connectivity index (χ1n) is 5.25. The molecule has 1 aromatic carbocycles. The molecule has 0 spiro atoms. The van der Waals surface area contributed by atoms with E-state index in [1.807, 2.05) is 0 Å². The molecular formula is C10H14ClN3O2S. The molecular weight excluding hydrogens is 262 g/mol. The highest BCUT2D eigenvalue weighted by Gasteiger charge is 2.27. The summed E-state index contributed by atoms with van der Waals surface area (Å²) < 4.78 is 25.9. The van der Waals surface area contributed by atoms with Gasteiger partial charge in [0.25, 0.3) is 0 Å². The lowest BCUT2D eigenvalue weighted by Crippen LogP contribution is -2.51. The molecule has 1 aromatic rings. The van der Waals surface area contributed by atoms with Gasteiger partial charge in [-0.25, -0.2) is 13.4 Å². The predicted octanol–water partition coefficient (Wildman–Crippen LogP) is 0.520. The summed E-state index contributed by atoms with van der Waals surface area (Å²) in [6.45, 7) is 1.90. The van der Waals surface area contributed by atoms with E-state index in [0.717, 1.165) is 0 Å². The average Bonchev–Trinajstić information content (AvgIpc) is 2.29. The van der Waals surface area contributed by atoms with Crippen molar-refractivity contribution in [1.82, 2.24) is 9.31 Å². The van der Waals surface area contributed by atoms with E-state index in [4.69, 9.17) is 17.4 Å². The summed E-state index contributed by atoms with van der Waals surface area (Å²) in [6, 6.07) is 6.30. The molecule has 0 aliphatic carbocycles. The van der Waals surface area contributed by atoms with E-state index in [1.54, 1.807) is 23.2 Å². The second-order valence-electron chi connectivity index (χ2n) is 3.90. The van der Waals surface area contributed by atoms with Crippen LogP contribution in [0, 0.1) is 0 Å². The fourth-order valence-electron chi connectivity index (χ4n) is 1.72. The normalized spacial score (nSPS) is 19.4. The number of hydrogen-bond acceptors (Lipinski definition) is 4. The second kappa shape index (κ2) is 4.91. The molecule has 1 heterocycles. The Labute approximate surface area is 106 Å². The van der Waals surface area contributed by atoms with Gasteiger partial charge in [-0.2, -0.15) is 4.31 Å². The van der Waals surface area contributed by atoms with Gasteiger partial charge in [-0.3, -0.25) is 5.84 Å². The lowest BCUT2D eigenvalue weighted by Gasteiger charge is -2.31. The van der Waals surface area contributed by atoms with Gasteiger partial charge in [0, 0.05) is 31.2 Å². The van der Waals surface area contributed by atoms with Crippen LogP contribution in [0.5, 0.6) is 0 Å². The molecule has 94 valence electrons. The molecule has 1 saturated heterocycles. The third-order valence-electron chi connectivity index (χ3n) is 2.71. The minimum absolute atomic E-state index is 0.232. The van der Waals surface area contributed by atoms with Gasteiger partial charge in [0.15, 0.2) is 0 Å². The molecule has 0 bridgehead atoms. The molecule has 7 heteroatoms. The van der Waals surface area contributed by atoms with Crippen LogP contribution < -0.4 is 5.84 Å². The maximum absolute atomic E-state index is 12.3. The second-order valence-corrected chi connectivity index (χ2v) is 6.27. The van der Waals surface area contributed by atoms with Gasteiger partial charge >= 0.3 is 0 Å². The Bertz CT molecular complexity index is 498. The van der Waals surface area contributed by atoms with E-state index in [-0.39, 0.29) is 4.90 Å². The molecule has 5 nitrogen and oxygen atoms in total. The zero-order valence-electron chi connectivity index (χ0n) is 9.21. The summed E-state index contributed by atoms with van der Waals surface area (Å²) in [4.78, 5) is 0.232. The monoisotopic (exact) mass is 275 g/mol. The Morgan fingerprint density at radius 1 is 1.18 bits per heavy atom. The van der Waals surface area contributed by atoms with Gasteiger partial charge in [0.1, 0.15) is 0 Å². The van der Waals surface area contributed by atoms with E-state index in [0.29, 0.717) is 31.2 Å². The standard InChI is InChI=1S/C10H14ClN3O2S/c11-9-2-1-3-10(8-9)17(15,16)14-6-4-13(12)5-7-14/h1-3,8H,4-7,12H2. The van der Waals surface area contributed by atoms with Crippen LogP contribution in [0.25, 0.3) is 0 Å². The fourth-order valence-corrected chi connectivity index (χ4v) is 3.44. The van der Waals surface area contributed by atoms with Crippen LogP contribution in [-0.4, -0.2) is 43.9 Å².